The van der Waals surface area contributed by atoms with E-state index in [-0.39, 0.29) is 12.0 Å². The monoisotopic (exact) mass is 266 g/mol. The maximum absolute atomic E-state index is 11.8. The molecule has 7 heteroatoms. The molecular formula is C12H18N4O3. The van der Waals surface area contributed by atoms with Crippen LogP contribution in [0.5, 0.6) is 0 Å². The standard InChI is InChI=1S/C12H18N4O3/c1-2-8(10-13-5-6-14-10)15-12(19)16-9(11(17)18)7-3-4-7/h5-9H,2-4H2,1H3,(H,13,14)(H,17,18)(H2,15,16,19). The number of carboxylic acid groups (broad SMARTS) is 1. The van der Waals surface area contributed by atoms with Crippen molar-refractivity contribution in [2.75, 3.05) is 0 Å². The number of amides is 2. The molecule has 0 aromatic carbocycles. The Morgan fingerprint density at radius 1 is 1.53 bits per heavy atom. The first kappa shape index (κ1) is 13.4. The fourth-order valence-corrected chi connectivity index (χ4v) is 1.98. The fraction of sp³-hybridized carbons (Fsp3) is 0.583. The van der Waals surface area contributed by atoms with Gasteiger partial charge in [0.25, 0.3) is 0 Å². The molecule has 7 nitrogen and oxygen atoms in total. The summed E-state index contributed by atoms with van der Waals surface area (Å²) in [4.78, 5) is 29.9. The van der Waals surface area contributed by atoms with Crippen LogP contribution < -0.4 is 10.6 Å². The van der Waals surface area contributed by atoms with E-state index >= 15 is 0 Å². The molecule has 1 aliphatic rings. The van der Waals surface area contributed by atoms with E-state index in [2.05, 4.69) is 20.6 Å². The molecule has 1 aliphatic carbocycles. The van der Waals surface area contributed by atoms with E-state index in [9.17, 15) is 9.59 Å². The molecule has 2 amide bonds. The summed E-state index contributed by atoms with van der Waals surface area (Å²) < 4.78 is 0. The van der Waals surface area contributed by atoms with Gasteiger partial charge in [-0.2, -0.15) is 0 Å². The second-order valence-electron chi connectivity index (χ2n) is 4.71. The number of aromatic amines is 1. The van der Waals surface area contributed by atoms with Gasteiger partial charge in [0.1, 0.15) is 11.9 Å². The number of urea groups is 1. The lowest BCUT2D eigenvalue weighted by atomic mass is 10.2. The lowest BCUT2D eigenvalue weighted by Crippen LogP contribution is -2.48. The number of hydrogen-bond acceptors (Lipinski definition) is 3. The summed E-state index contributed by atoms with van der Waals surface area (Å²) in [6, 6.07) is -1.51. The number of hydrogen-bond donors (Lipinski definition) is 4. The third-order valence-electron chi connectivity index (χ3n) is 3.21. The van der Waals surface area contributed by atoms with E-state index in [1.165, 1.54) is 0 Å². The number of H-pyrrole nitrogens is 1. The third-order valence-corrected chi connectivity index (χ3v) is 3.21. The zero-order chi connectivity index (χ0) is 13.8. The molecule has 2 atom stereocenters. The lowest BCUT2D eigenvalue weighted by Gasteiger charge is -2.18. The van der Waals surface area contributed by atoms with Crippen LogP contribution >= 0.6 is 0 Å². The van der Waals surface area contributed by atoms with E-state index in [1.54, 1.807) is 12.4 Å². The average molecular weight is 266 g/mol. The van der Waals surface area contributed by atoms with Crippen molar-refractivity contribution < 1.29 is 14.7 Å². The predicted molar refractivity (Wildman–Crippen MR) is 67.4 cm³/mol. The van der Waals surface area contributed by atoms with Crippen molar-refractivity contribution in [2.24, 2.45) is 5.92 Å². The summed E-state index contributed by atoms with van der Waals surface area (Å²) in [5, 5.41) is 14.3. The number of nitrogens with one attached hydrogen (secondary N) is 3. The Balaban J connectivity index is 1.90. The quantitative estimate of drug-likeness (QED) is 0.616. The Morgan fingerprint density at radius 2 is 2.26 bits per heavy atom. The minimum atomic E-state index is -0.983. The summed E-state index contributed by atoms with van der Waals surface area (Å²) >= 11 is 0. The molecular weight excluding hydrogens is 248 g/mol. The van der Waals surface area contributed by atoms with Crippen LogP contribution in [0.1, 0.15) is 38.1 Å². The van der Waals surface area contributed by atoms with Gasteiger partial charge in [0, 0.05) is 12.4 Å². The summed E-state index contributed by atoms with van der Waals surface area (Å²) in [7, 11) is 0. The van der Waals surface area contributed by atoms with Crippen LogP contribution in [0.15, 0.2) is 12.4 Å². The number of carboxylic acids is 1. The molecule has 0 saturated heterocycles. The molecule has 0 aliphatic heterocycles. The van der Waals surface area contributed by atoms with Crippen LogP contribution in [-0.4, -0.2) is 33.1 Å². The Hall–Kier alpha value is -2.05. The molecule has 104 valence electrons. The number of carbonyl (C=O) groups is 2. The maximum atomic E-state index is 11.8. The first-order valence-electron chi connectivity index (χ1n) is 6.41. The Bertz CT molecular complexity index is 442. The van der Waals surface area contributed by atoms with Gasteiger partial charge in [-0.25, -0.2) is 14.6 Å². The predicted octanol–water partition coefficient (Wildman–Crippen LogP) is 1.02. The van der Waals surface area contributed by atoms with Crippen LogP contribution in [-0.2, 0) is 4.79 Å². The molecule has 2 rings (SSSR count). The Labute approximate surface area is 110 Å². The molecule has 0 spiro atoms. The molecule has 4 N–H and O–H groups in total. The van der Waals surface area contributed by atoms with Crippen LogP contribution in [0.2, 0.25) is 0 Å². The van der Waals surface area contributed by atoms with Gasteiger partial charge in [0.05, 0.1) is 6.04 Å². The highest BCUT2D eigenvalue weighted by molar-refractivity contribution is 5.83. The number of carbonyl (C=O) groups excluding carboxylic acids is 1. The van der Waals surface area contributed by atoms with E-state index in [0.717, 1.165) is 12.8 Å². The summed E-state index contributed by atoms with van der Waals surface area (Å²) in [6.07, 6.45) is 5.67. The second kappa shape index (κ2) is 5.73. The van der Waals surface area contributed by atoms with Gasteiger partial charge in [-0.05, 0) is 25.2 Å². The zero-order valence-corrected chi connectivity index (χ0v) is 10.7. The highest BCUT2D eigenvalue weighted by Crippen LogP contribution is 2.32. The molecule has 1 saturated carbocycles. The van der Waals surface area contributed by atoms with E-state index < -0.39 is 18.0 Å². The largest absolute Gasteiger partial charge is 0.480 e. The summed E-state index contributed by atoms with van der Waals surface area (Å²) in [5.41, 5.74) is 0. The van der Waals surface area contributed by atoms with Crippen LogP contribution in [0.4, 0.5) is 4.79 Å². The SMILES string of the molecule is CCC(NC(=O)NC(C(=O)O)C1CC1)c1ncc[nH]1. The van der Waals surface area contributed by atoms with Crippen molar-refractivity contribution >= 4 is 12.0 Å². The minimum absolute atomic E-state index is 0.0620. The first-order chi connectivity index (χ1) is 9.11. The van der Waals surface area contributed by atoms with E-state index in [0.29, 0.717) is 12.2 Å². The number of rotatable bonds is 6. The van der Waals surface area contributed by atoms with Crippen molar-refractivity contribution in [3.8, 4) is 0 Å². The Kier molecular flexibility index (Phi) is 4.03. The smallest absolute Gasteiger partial charge is 0.326 e. The molecule has 0 radical (unpaired) electrons. The fourth-order valence-electron chi connectivity index (χ4n) is 1.98. The van der Waals surface area contributed by atoms with Gasteiger partial charge < -0.3 is 20.7 Å². The van der Waals surface area contributed by atoms with Gasteiger partial charge in [0.2, 0.25) is 0 Å². The van der Waals surface area contributed by atoms with Gasteiger partial charge in [-0.3, -0.25) is 0 Å². The molecule has 1 aromatic rings. The minimum Gasteiger partial charge on any atom is -0.480 e. The van der Waals surface area contributed by atoms with E-state index in [4.69, 9.17) is 5.11 Å². The lowest BCUT2D eigenvalue weighted by molar-refractivity contribution is -0.139. The molecule has 1 heterocycles. The van der Waals surface area contributed by atoms with Crippen molar-refractivity contribution in [3.63, 3.8) is 0 Å². The van der Waals surface area contributed by atoms with Crippen molar-refractivity contribution in [3.05, 3.63) is 18.2 Å². The maximum Gasteiger partial charge on any atom is 0.326 e. The van der Waals surface area contributed by atoms with Crippen LogP contribution in [0.25, 0.3) is 0 Å². The highest BCUT2D eigenvalue weighted by Gasteiger charge is 2.37. The van der Waals surface area contributed by atoms with Crippen molar-refractivity contribution in [2.45, 2.75) is 38.3 Å². The number of aromatic nitrogens is 2. The van der Waals surface area contributed by atoms with Crippen molar-refractivity contribution in [1.82, 2.24) is 20.6 Å². The van der Waals surface area contributed by atoms with Crippen LogP contribution in [0.3, 0.4) is 0 Å². The molecule has 2 unspecified atom stereocenters. The summed E-state index contributed by atoms with van der Waals surface area (Å²) in [6.45, 7) is 1.92. The Morgan fingerprint density at radius 3 is 2.74 bits per heavy atom. The van der Waals surface area contributed by atoms with Gasteiger partial charge >= 0.3 is 12.0 Å². The van der Waals surface area contributed by atoms with E-state index in [1.807, 2.05) is 6.92 Å². The highest BCUT2D eigenvalue weighted by atomic mass is 16.4. The zero-order valence-electron chi connectivity index (χ0n) is 10.7. The second-order valence-corrected chi connectivity index (χ2v) is 4.71. The van der Waals surface area contributed by atoms with Gasteiger partial charge in [0.15, 0.2) is 0 Å². The number of nitrogens with zero attached hydrogens (tertiary/aromatic N) is 1. The molecule has 19 heavy (non-hydrogen) atoms. The topological polar surface area (TPSA) is 107 Å². The molecule has 0 bridgehead atoms. The third kappa shape index (κ3) is 3.46. The van der Waals surface area contributed by atoms with Gasteiger partial charge in [-0.15, -0.1) is 0 Å². The molecule has 1 aromatic heterocycles. The van der Waals surface area contributed by atoms with Gasteiger partial charge in [-0.1, -0.05) is 6.92 Å². The first-order valence-corrected chi connectivity index (χ1v) is 6.41. The van der Waals surface area contributed by atoms with Crippen molar-refractivity contribution in [1.29, 1.82) is 0 Å². The number of imidazole rings is 1. The van der Waals surface area contributed by atoms with Crippen LogP contribution in [0, 0.1) is 5.92 Å². The average Bonchev–Trinajstić information content (AvgIpc) is 3.07. The molecule has 1 fully saturated rings. The number of aliphatic carboxylic acids is 1. The normalized spacial score (nSPS) is 17.5. The summed E-state index contributed by atoms with van der Waals surface area (Å²) in [5.74, 6) is -0.258.